The Labute approximate surface area is 167 Å². The lowest BCUT2D eigenvalue weighted by Gasteiger charge is -2.12. The van der Waals surface area contributed by atoms with E-state index in [-0.39, 0.29) is 6.04 Å². The molecule has 1 unspecified atom stereocenters. The second-order valence-corrected chi connectivity index (χ2v) is 7.09. The largest absolute Gasteiger partial charge is 0.496 e. The molecule has 2 aromatic heterocycles. The first-order valence-electron chi connectivity index (χ1n) is 8.91. The van der Waals surface area contributed by atoms with E-state index in [2.05, 4.69) is 26.2 Å². The number of para-hydroxylation sites is 2. The molecule has 4 rings (SSSR count). The van der Waals surface area contributed by atoms with Crippen molar-refractivity contribution < 1.29 is 4.74 Å². The molecule has 2 aromatic carbocycles. The summed E-state index contributed by atoms with van der Waals surface area (Å²) in [5.41, 5.74) is 2.90. The zero-order valence-corrected chi connectivity index (χ0v) is 16.4. The van der Waals surface area contributed by atoms with Crippen LogP contribution in [-0.2, 0) is 6.54 Å². The van der Waals surface area contributed by atoms with Crippen molar-refractivity contribution in [3.05, 3.63) is 71.5 Å². The molecule has 1 N–H and O–H groups in total. The minimum absolute atomic E-state index is 0.0355. The number of ether oxygens (including phenoxy) is 1. The van der Waals surface area contributed by atoms with Crippen LogP contribution in [0.4, 0.5) is 0 Å². The van der Waals surface area contributed by atoms with Crippen LogP contribution in [0.1, 0.15) is 24.5 Å². The van der Waals surface area contributed by atoms with E-state index >= 15 is 0 Å². The Morgan fingerprint density at radius 2 is 1.89 bits per heavy atom. The van der Waals surface area contributed by atoms with Gasteiger partial charge in [-0.1, -0.05) is 30.3 Å². The molecule has 2 heterocycles. The van der Waals surface area contributed by atoms with Gasteiger partial charge in [0.25, 0.3) is 0 Å². The lowest BCUT2D eigenvalue weighted by Crippen LogP contribution is -2.22. The van der Waals surface area contributed by atoms with E-state index in [1.165, 1.54) is 0 Å². The quantitative estimate of drug-likeness (QED) is 0.517. The lowest BCUT2D eigenvalue weighted by molar-refractivity contribution is 0.416. The van der Waals surface area contributed by atoms with Crippen LogP contribution < -0.4 is 10.1 Å². The molecule has 0 radical (unpaired) electrons. The third-order valence-electron chi connectivity index (χ3n) is 4.36. The van der Waals surface area contributed by atoms with Crippen LogP contribution >= 0.6 is 11.3 Å². The van der Waals surface area contributed by atoms with Gasteiger partial charge in [0.2, 0.25) is 0 Å². The number of hydrogen-bond donors (Lipinski definition) is 1. The number of aromatic nitrogens is 5. The lowest BCUT2D eigenvalue weighted by atomic mass is 10.2. The van der Waals surface area contributed by atoms with Crippen LogP contribution in [0.15, 0.2) is 60.0 Å². The average molecular weight is 392 g/mol. The number of rotatable bonds is 7. The molecule has 0 bridgehead atoms. The van der Waals surface area contributed by atoms with E-state index in [1.54, 1.807) is 23.1 Å². The van der Waals surface area contributed by atoms with Gasteiger partial charge in [0.05, 0.1) is 30.1 Å². The van der Waals surface area contributed by atoms with Crippen molar-refractivity contribution in [3.63, 3.8) is 0 Å². The predicted octanol–water partition coefficient (Wildman–Crippen LogP) is 3.65. The smallest absolute Gasteiger partial charge is 0.173 e. The van der Waals surface area contributed by atoms with E-state index in [0.29, 0.717) is 6.54 Å². The summed E-state index contributed by atoms with van der Waals surface area (Å²) in [5, 5.41) is 18.6. The zero-order chi connectivity index (χ0) is 19.3. The van der Waals surface area contributed by atoms with Crippen molar-refractivity contribution in [1.82, 2.24) is 30.5 Å². The molecular formula is C20H20N6OS. The summed E-state index contributed by atoms with van der Waals surface area (Å²) in [6, 6.07) is 17.7. The molecule has 0 aliphatic carbocycles. The summed E-state index contributed by atoms with van der Waals surface area (Å²) in [6.45, 7) is 2.66. The third-order valence-corrected chi connectivity index (χ3v) is 5.28. The van der Waals surface area contributed by atoms with Crippen molar-refractivity contribution in [2.24, 2.45) is 0 Å². The molecule has 0 aliphatic heterocycles. The number of hydrogen-bond acceptors (Lipinski definition) is 7. The standard InChI is InChI=1S/C20H20N6OS/c1-14(19-23-24-25-26(19)16-8-4-3-5-9-16)21-12-15-13-28-20(22-15)17-10-6-7-11-18(17)27-2/h3-11,13-14,21H,12H2,1-2H3. The van der Waals surface area contributed by atoms with Gasteiger partial charge in [-0.25, -0.2) is 4.98 Å². The van der Waals surface area contributed by atoms with Gasteiger partial charge in [0.15, 0.2) is 5.82 Å². The van der Waals surface area contributed by atoms with Crippen molar-refractivity contribution >= 4 is 11.3 Å². The van der Waals surface area contributed by atoms with E-state index < -0.39 is 0 Å². The fourth-order valence-corrected chi connectivity index (χ4v) is 3.75. The Morgan fingerprint density at radius 3 is 2.71 bits per heavy atom. The van der Waals surface area contributed by atoms with Gasteiger partial charge < -0.3 is 10.1 Å². The van der Waals surface area contributed by atoms with Crippen molar-refractivity contribution in [1.29, 1.82) is 0 Å². The van der Waals surface area contributed by atoms with Crippen molar-refractivity contribution in [2.75, 3.05) is 7.11 Å². The normalized spacial score (nSPS) is 12.1. The van der Waals surface area contributed by atoms with Crippen molar-refractivity contribution in [3.8, 4) is 22.0 Å². The molecule has 0 fully saturated rings. The Morgan fingerprint density at radius 1 is 1.11 bits per heavy atom. The molecule has 28 heavy (non-hydrogen) atoms. The molecule has 0 saturated heterocycles. The minimum atomic E-state index is -0.0355. The maximum Gasteiger partial charge on any atom is 0.173 e. The van der Waals surface area contributed by atoms with E-state index in [4.69, 9.17) is 9.72 Å². The highest BCUT2D eigenvalue weighted by Crippen LogP contribution is 2.31. The number of thiazole rings is 1. The highest BCUT2D eigenvalue weighted by atomic mass is 32.1. The number of nitrogens with zero attached hydrogens (tertiary/aromatic N) is 5. The van der Waals surface area contributed by atoms with E-state index in [1.807, 2.05) is 61.5 Å². The molecule has 0 aliphatic rings. The van der Waals surface area contributed by atoms with E-state index in [0.717, 1.165) is 33.5 Å². The fraction of sp³-hybridized carbons (Fsp3) is 0.200. The molecule has 4 aromatic rings. The summed E-state index contributed by atoms with van der Waals surface area (Å²) in [6.07, 6.45) is 0. The number of tetrazole rings is 1. The molecule has 0 spiro atoms. The zero-order valence-electron chi connectivity index (χ0n) is 15.6. The highest BCUT2D eigenvalue weighted by Gasteiger charge is 2.16. The summed E-state index contributed by atoms with van der Waals surface area (Å²) in [4.78, 5) is 4.74. The SMILES string of the molecule is COc1ccccc1-c1nc(CNC(C)c2nnnn2-c2ccccc2)cs1. The number of nitrogens with one attached hydrogen (secondary N) is 1. The van der Waals surface area contributed by atoms with Gasteiger partial charge in [0, 0.05) is 11.9 Å². The van der Waals surface area contributed by atoms with Crippen LogP contribution in [-0.4, -0.2) is 32.3 Å². The van der Waals surface area contributed by atoms with Gasteiger partial charge in [-0.15, -0.1) is 16.4 Å². The topological polar surface area (TPSA) is 77.8 Å². The Hall–Kier alpha value is -3.10. The summed E-state index contributed by atoms with van der Waals surface area (Å²) >= 11 is 1.60. The number of benzene rings is 2. The first-order valence-corrected chi connectivity index (χ1v) is 9.79. The summed E-state index contributed by atoms with van der Waals surface area (Å²) in [7, 11) is 1.67. The summed E-state index contributed by atoms with van der Waals surface area (Å²) < 4.78 is 7.19. The predicted molar refractivity (Wildman–Crippen MR) is 109 cm³/mol. The van der Waals surface area contributed by atoms with E-state index in [9.17, 15) is 0 Å². The van der Waals surface area contributed by atoms with Gasteiger partial charge in [0.1, 0.15) is 10.8 Å². The first-order chi connectivity index (χ1) is 13.8. The van der Waals surface area contributed by atoms with Gasteiger partial charge in [-0.05, 0) is 41.6 Å². The molecule has 8 heteroatoms. The monoisotopic (exact) mass is 392 g/mol. The maximum absolute atomic E-state index is 5.44. The van der Waals surface area contributed by atoms with Crippen LogP contribution in [0.2, 0.25) is 0 Å². The second kappa shape index (κ2) is 8.28. The molecule has 0 saturated carbocycles. The van der Waals surface area contributed by atoms with Crippen molar-refractivity contribution in [2.45, 2.75) is 19.5 Å². The molecule has 7 nitrogen and oxygen atoms in total. The van der Waals surface area contributed by atoms with Gasteiger partial charge >= 0.3 is 0 Å². The summed E-state index contributed by atoms with van der Waals surface area (Å²) in [5.74, 6) is 1.58. The van der Waals surface area contributed by atoms with Gasteiger partial charge in [-0.2, -0.15) is 4.68 Å². The maximum atomic E-state index is 5.44. The Bertz CT molecular complexity index is 1050. The third kappa shape index (κ3) is 3.78. The minimum Gasteiger partial charge on any atom is -0.496 e. The van der Waals surface area contributed by atoms with Crippen LogP contribution in [0.5, 0.6) is 5.75 Å². The van der Waals surface area contributed by atoms with Crippen LogP contribution in [0.3, 0.4) is 0 Å². The molecule has 1 atom stereocenters. The average Bonchev–Trinajstić information content (AvgIpc) is 3.42. The van der Waals surface area contributed by atoms with Crippen LogP contribution in [0, 0.1) is 0 Å². The second-order valence-electron chi connectivity index (χ2n) is 6.23. The first kappa shape index (κ1) is 18.3. The fourth-order valence-electron chi connectivity index (χ4n) is 2.90. The van der Waals surface area contributed by atoms with Gasteiger partial charge in [-0.3, -0.25) is 0 Å². The Balaban J connectivity index is 1.46. The highest BCUT2D eigenvalue weighted by molar-refractivity contribution is 7.13. The number of methoxy groups -OCH3 is 1. The Kier molecular flexibility index (Phi) is 5.41. The molecular weight excluding hydrogens is 372 g/mol. The van der Waals surface area contributed by atoms with Crippen LogP contribution in [0.25, 0.3) is 16.3 Å². The molecule has 0 amide bonds. The molecule has 142 valence electrons.